The van der Waals surface area contributed by atoms with Crippen LogP contribution in [0.3, 0.4) is 0 Å². The van der Waals surface area contributed by atoms with Gasteiger partial charge in [0.05, 0.1) is 29.8 Å². The van der Waals surface area contributed by atoms with Crippen LogP contribution in [-0.4, -0.2) is 48.3 Å². The van der Waals surface area contributed by atoms with Crippen LogP contribution < -0.4 is 4.90 Å². The Kier molecular flexibility index (Phi) is 5.26. The van der Waals surface area contributed by atoms with Gasteiger partial charge in [0, 0.05) is 29.3 Å². The van der Waals surface area contributed by atoms with Gasteiger partial charge in [0.25, 0.3) is 0 Å². The zero-order chi connectivity index (χ0) is 22.1. The average Bonchev–Trinajstić information content (AvgIpc) is 3.42. The number of ether oxygens (including phenoxy) is 1. The SMILES string of the molecule is N#Cc1ccc(N2C[C@@H](CN3CCC(c4c[nH]c5ccc(C#N)cc45)CC3)OC2=O)cc1. The number of likely N-dealkylation sites (tertiary alicyclic amines) is 1. The summed E-state index contributed by atoms with van der Waals surface area (Å²) in [4.78, 5) is 19.7. The van der Waals surface area contributed by atoms with Gasteiger partial charge in [-0.15, -0.1) is 0 Å². The van der Waals surface area contributed by atoms with E-state index in [1.54, 1.807) is 29.2 Å². The second-order valence-corrected chi connectivity index (χ2v) is 8.47. The number of aromatic nitrogens is 1. The molecule has 7 heteroatoms. The molecule has 2 saturated heterocycles. The number of hydrogen-bond acceptors (Lipinski definition) is 5. The van der Waals surface area contributed by atoms with E-state index in [9.17, 15) is 10.1 Å². The number of amides is 1. The van der Waals surface area contributed by atoms with Gasteiger partial charge in [-0.25, -0.2) is 4.79 Å². The number of carbonyl (C=O) groups is 1. The maximum Gasteiger partial charge on any atom is 0.414 e. The molecule has 0 radical (unpaired) electrons. The lowest BCUT2D eigenvalue weighted by atomic mass is 9.89. The Hall–Kier alpha value is -3.81. The Labute approximate surface area is 186 Å². The fraction of sp³-hybridized carbons (Fsp3) is 0.320. The molecule has 0 bridgehead atoms. The normalized spacial score (nSPS) is 19.6. The summed E-state index contributed by atoms with van der Waals surface area (Å²) in [7, 11) is 0. The number of H-pyrrole nitrogens is 1. The summed E-state index contributed by atoms with van der Waals surface area (Å²) in [5.41, 5.74) is 4.37. The Bertz CT molecular complexity index is 1230. The molecule has 3 aromatic rings. The third-order valence-electron chi connectivity index (χ3n) is 6.51. The number of anilines is 1. The van der Waals surface area contributed by atoms with Crippen LogP contribution in [0.25, 0.3) is 10.9 Å². The van der Waals surface area contributed by atoms with Crippen LogP contribution in [0.4, 0.5) is 10.5 Å². The van der Waals surface area contributed by atoms with E-state index >= 15 is 0 Å². The number of cyclic esters (lactones) is 1. The van der Waals surface area contributed by atoms with E-state index in [-0.39, 0.29) is 12.2 Å². The molecular formula is C25H23N5O2. The number of fused-ring (bicyclic) bond motifs is 1. The molecule has 0 spiro atoms. The number of nitrogens with one attached hydrogen (secondary N) is 1. The van der Waals surface area contributed by atoms with Crippen LogP contribution in [0.1, 0.15) is 35.4 Å². The van der Waals surface area contributed by atoms with Crippen molar-refractivity contribution in [3.05, 3.63) is 65.4 Å². The summed E-state index contributed by atoms with van der Waals surface area (Å²) in [6.07, 6.45) is 3.65. The average molecular weight is 425 g/mol. The minimum Gasteiger partial charge on any atom is -0.443 e. The van der Waals surface area contributed by atoms with Crippen LogP contribution in [0.2, 0.25) is 0 Å². The predicted octanol–water partition coefficient (Wildman–Crippen LogP) is 4.12. The first-order valence-electron chi connectivity index (χ1n) is 10.9. The molecule has 0 saturated carbocycles. The predicted molar refractivity (Wildman–Crippen MR) is 120 cm³/mol. The molecule has 32 heavy (non-hydrogen) atoms. The van der Waals surface area contributed by atoms with Crippen molar-refractivity contribution >= 4 is 22.7 Å². The molecule has 2 aliphatic heterocycles. The van der Waals surface area contributed by atoms with E-state index in [2.05, 4.69) is 28.2 Å². The van der Waals surface area contributed by atoms with Gasteiger partial charge in [-0.1, -0.05) is 0 Å². The van der Waals surface area contributed by atoms with Crippen molar-refractivity contribution in [1.29, 1.82) is 10.5 Å². The summed E-state index contributed by atoms with van der Waals surface area (Å²) in [6, 6.07) is 17.1. The molecule has 2 aromatic carbocycles. The molecule has 1 amide bonds. The number of rotatable bonds is 4. The van der Waals surface area contributed by atoms with E-state index in [4.69, 9.17) is 10.00 Å². The molecule has 2 aliphatic rings. The van der Waals surface area contributed by atoms with Gasteiger partial charge in [-0.2, -0.15) is 10.5 Å². The lowest BCUT2D eigenvalue weighted by Gasteiger charge is -2.32. The maximum atomic E-state index is 12.4. The number of nitriles is 2. The highest BCUT2D eigenvalue weighted by Gasteiger charge is 2.34. The third kappa shape index (κ3) is 3.79. The Morgan fingerprint density at radius 3 is 2.47 bits per heavy atom. The van der Waals surface area contributed by atoms with E-state index < -0.39 is 0 Å². The first kappa shape index (κ1) is 20.1. The van der Waals surface area contributed by atoms with Crippen molar-refractivity contribution in [2.24, 2.45) is 0 Å². The highest BCUT2D eigenvalue weighted by molar-refractivity contribution is 5.89. The second kappa shape index (κ2) is 8.37. The van der Waals surface area contributed by atoms with Gasteiger partial charge in [0.2, 0.25) is 0 Å². The summed E-state index contributed by atoms with van der Waals surface area (Å²) in [5, 5.41) is 19.3. The third-order valence-corrected chi connectivity index (χ3v) is 6.51. The topological polar surface area (TPSA) is 96.2 Å². The molecule has 1 aromatic heterocycles. The lowest BCUT2D eigenvalue weighted by molar-refractivity contribution is 0.0977. The first-order valence-corrected chi connectivity index (χ1v) is 10.9. The fourth-order valence-corrected chi connectivity index (χ4v) is 4.81. The monoisotopic (exact) mass is 425 g/mol. The molecule has 1 N–H and O–H groups in total. The van der Waals surface area contributed by atoms with Gasteiger partial charge in [0.1, 0.15) is 6.10 Å². The largest absolute Gasteiger partial charge is 0.443 e. The lowest BCUT2D eigenvalue weighted by Crippen LogP contribution is -2.39. The minimum absolute atomic E-state index is 0.166. The van der Waals surface area contributed by atoms with Gasteiger partial charge in [-0.05, 0) is 79.9 Å². The number of benzene rings is 2. The molecule has 3 heterocycles. The van der Waals surface area contributed by atoms with E-state index in [1.165, 1.54) is 5.56 Å². The number of piperidine rings is 1. The summed E-state index contributed by atoms with van der Waals surface area (Å²) in [5.74, 6) is 0.454. The number of hydrogen-bond donors (Lipinski definition) is 1. The van der Waals surface area contributed by atoms with Crippen LogP contribution in [0.15, 0.2) is 48.7 Å². The van der Waals surface area contributed by atoms with Crippen molar-refractivity contribution in [2.75, 3.05) is 31.1 Å². The van der Waals surface area contributed by atoms with E-state index in [1.807, 2.05) is 18.2 Å². The summed E-state index contributed by atoms with van der Waals surface area (Å²) in [6.45, 7) is 3.13. The van der Waals surface area contributed by atoms with E-state index in [0.29, 0.717) is 23.6 Å². The number of carbonyl (C=O) groups excluding carboxylic acids is 1. The molecule has 0 unspecified atom stereocenters. The molecule has 160 valence electrons. The highest BCUT2D eigenvalue weighted by Crippen LogP contribution is 2.34. The standard InChI is InChI=1S/C25H23N5O2/c26-12-17-1-4-20(5-2-17)30-16-21(32-25(30)31)15-29-9-7-19(8-10-29)23-14-28-24-6-3-18(13-27)11-22(23)24/h1-6,11,14,19,21,28H,7-10,15-16H2/t21-/m1/s1. The Morgan fingerprint density at radius 1 is 1.03 bits per heavy atom. The van der Waals surface area contributed by atoms with Crippen LogP contribution in [0, 0.1) is 22.7 Å². The van der Waals surface area contributed by atoms with Gasteiger partial charge >= 0.3 is 6.09 Å². The van der Waals surface area contributed by atoms with Crippen molar-refractivity contribution in [2.45, 2.75) is 24.9 Å². The second-order valence-electron chi connectivity index (χ2n) is 8.47. The van der Waals surface area contributed by atoms with Gasteiger partial charge < -0.3 is 9.72 Å². The summed E-state index contributed by atoms with van der Waals surface area (Å²) >= 11 is 0. The van der Waals surface area contributed by atoms with Crippen molar-refractivity contribution < 1.29 is 9.53 Å². The molecule has 2 fully saturated rings. The fourth-order valence-electron chi connectivity index (χ4n) is 4.81. The maximum absolute atomic E-state index is 12.4. The van der Waals surface area contributed by atoms with Gasteiger partial charge in [-0.3, -0.25) is 9.80 Å². The molecule has 5 rings (SSSR count). The van der Waals surface area contributed by atoms with Crippen molar-refractivity contribution in [3.63, 3.8) is 0 Å². The zero-order valence-electron chi connectivity index (χ0n) is 17.6. The van der Waals surface area contributed by atoms with Gasteiger partial charge in [0.15, 0.2) is 0 Å². The minimum atomic E-state index is -0.332. The highest BCUT2D eigenvalue weighted by atomic mass is 16.6. The number of nitrogens with zero attached hydrogens (tertiary/aromatic N) is 4. The Morgan fingerprint density at radius 2 is 1.75 bits per heavy atom. The van der Waals surface area contributed by atoms with Crippen molar-refractivity contribution in [3.8, 4) is 12.1 Å². The smallest absolute Gasteiger partial charge is 0.414 e. The molecule has 7 nitrogen and oxygen atoms in total. The Balaban J connectivity index is 1.19. The van der Waals surface area contributed by atoms with Crippen LogP contribution in [0.5, 0.6) is 0 Å². The molecule has 0 aliphatic carbocycles. The number of aromatic amines is 1. The van der Waals surface area contributed by atoms with Crippen molar-refractivity contribution in [1.82, 2.24) is 9.88 Å². The van der Waals surface area contributed by atoms with Crippen LogP contribution >= 0.6 is 0 Å². The molecule has 1 atom stereocenters. The zero-order valence-corrected chi connectivity index (χ0v) is 17.6. The first-order chi connectivity index (χ1) is 15.6. The quantitative estimate of drug-likeness (QED) is 0.678. The van der Waals surface area contributed by atoms with E-state index in [0.717, 1.165) is 49.1 Å². The molecular weight excluding hydrogens is 402 g/mol. The van der Waals surface area contributed by atoms with Crippen LogP contribution in [-0.2, 0) is 4.74 Å². The summed E-state index contributed by atoms with van der Waals surface area (Å²) < 4.78 is 5.61.